The molecule has 0 bridgehead atoms. The zero-order chi connectivity index (χ0) is 10.8. The van der Waals surface area contributed by atoms with Crippen LogP contribution in [0.4, 0.5) is 0 Å². The van der Waals surface area contributed by atoms with Crippen molar-refractivity contribution in [2.45, 2.75) is 13.5 Å². The second-order valence-corrected chi connectivity index (χ2v) is 5.34. The van der Waals surface area contributed by atoms with Gasteiger partial charge in [0.25, 0.3) is 0 Å². The van der Waals surface area contributed by atoms with Crippen molar-refractivity contribution in [3.05, 3.63) is 38.6 Å². The number of thiazole rings is 1. The first-order valence-electron chi connectivity index (χ1n) is 4.63. The zero-order valence-electron chi connectivity index (χ0n) is 8.33. The fourth-order valence-electron chi connectivity index (χ4n) is 1.44. The summed E-state index contributed by atoms with van der Waals surface area (Å²) in [6.07, 6.45) is 0. The van der Waals surface area contributed by atoms with E-state index >= 15 is 0 Å². The average molecular weight is 283 g/mol. The SMILES string of the molecule is Cc1sc(CN)nc1-c1ccccc1Br. The fourth-order valence-corrected chi connectivity index (χ4v) is 2.74. The van der Waals surface area contributed by atoms with E-state index in [4.69, 9.17) is 5.73 Å². The highest BCUT2D eigenvalue weighted by molar-refractivity contribution is 9.10. The van der Waals surface area contributed by atoms with E-state index in [-0.39, 0.29) is 0 Å². The van der Waals surface area contributed by atoms with E-state index in [2.05, 4.69) is 33.9 Å². The number of rotatable bonds is 2. The summed E-state index contributed by atoms with van der Waals surface area (Å²) < 4.78 is 1.07. The molecule has 0 fully saturated rings. The van der Waals surface area contributed by atoms with Gasteiger partial charge in [-0.15, -0.1) is 11.3 Å². The molecule has 15 heavy (non-hydrogen) atoms. The third-order valence-corrected chi connectivity index (χ3v) is 3.83. The molecule has 2 aromatic rings. The monoisotopic (exact) mass is 282 g/mol. The number of nitrogens with zero attached hydrogens (tertiary/aromatic N) is 1. The summed E-state index contributed by atoms with van der Waals surface area (Å²) in [5, 5.41) is 0.984. The molecule has 0 amide bonds. The number of benzene rings is 1. The first kappa shape index (κ1) is 10.8. The molecule has 78 valence electrons. The third-order valence-electron chi connectivity index (χ3n) is 2.14. The molecule has 1 aromatic carbocycles. The van der Waals surface area contributed by atoms with Crippen LogP contribution in [-0.2, 0) is 6.54 Å². The molecule has 0 aliphatic carbocycles. The number of hydrogen-bond donors (Lipinski definition) is 1. The smallest absolute Gasteiger partial charge is 0.107 e. The van der Waals surface area contributed by atoms with E-state index in [0.717, 1.165) is 20.7 Å². The molecule has 0 unspecified atom stereocenters. The lowest BCUT2D eigenvalue weighted by atomic mass is 10.1. The number of aryl methyl sites for hydroxylation is 1. The van der Waals surface area contributed by atoms with Crippen LogP contribution in [0, 0.1) is 6.92 Å². The Balaban J connectivity index is 2.54. The van der Waals surface area contributed by atoms with E-state index in [9.17, 15) is 0 Å². The second kappa shape index (κ2) is 4.43. The highest BCUT2D eigenvalue weighted by Gasteiger charge is 2.10. The molecular weight excluding hydrogens is 272 g/mol. The Labute approximate surface area is 101 Å². The van der Waals surface area contributed by atoms with Gasteiger partial charge in [0.05, 0.1) is 5.69 Å². The lowest BCUT2D eigenvalue weighted by Gasteiger charge is -2.01. The van der Waals surface area contributed by atoms with Gasteiger partial charge in [0, 0.05) is 21.5 Å². The highest BCUT2D eigenvalue weighted by Crippen LogP contribution is 2.32. The predicted octanol–water partition coefficient (Wildman–Crippen LogP) is 3.34. The van der Waals surface area contributed by atoms with Crippen molar-refractivity contribution in [3.63, 3.8) is 0 Å². The van der Waals surface area contributed by atoms with E-state index in [0.29, 0.717) is 6.54 Å². The summed E-state index contributed by atoms with van der Waals surface area (Å²) in [5.41, 5.74) is 7.75. The second-order valence-electron chi connectivity index (χ2n) is 3.20. The normalized spacial score (nSPS) is 10.6. The Hall–Kier alpha value is -0.710. The van der Waals surface area contributed by atoms with Crippen molar-refractivity contribution >= 4 is 27.3 Å². The van der Waals surface area contributed by atoms with Gasteiger partial charge in [-0.1, -0.05) is 34.1 Å². The average Bonchev–Trinajstić information content (AvgIpc) is 2.60. The Bertz CT molecular complexity index is 479. The molecule has 0 radical (unpaired) electrons. The quantitative estimate of drug-likeness (QED) is 0.918. The summed E-state index contributed by atoms with van der Waals surface area (Å²) in [5.74, 6) is 0. The van der Waals surface area contributed by atoms with Crippen LogP contribution in [0.5, 0.6) is 0 Å². The Morgan fingerprint density at radius 1 is 1.40 bits per heavy atom. The van der Waals surface area contributed by atoms with Crippen LogP contribution in [0.3, 0.4) is 0 Å². The summed E-state index contributed by atoms with van der Waals surface area (Å²) in [6.45, 7) is 2.58. The maximum Gasteiger partial charge on any atom is 0.107 e. The minimum atomic E-state index is 0.510. The maximum atomic E-state index is 5.58. The first-order chi connectivity index (χ1) is 7.22. The predicted molar refractivity (Wildman–Crippen MR) is 67.9 cm³/mol. The number of halogens is 1. The van der Waals surface area contributed by atoms with Gasteiger partial charge in [0.15, 0.2) is 0 Å². The van der Waals surface area contributed by atoms with Gasteiger partial charge in [0.1, 0.15) is 5.01 Å². The van der Waals surface area contributed by atoms with Gasteiger partial charge >= 0.3 is 0 Å². The molecule has 2 nitrogen and oxygen atoms in total. The number of nitrogens with two attached hydrogens (primary N) is 1. The summed E-state index contributed by atoms with van der Waals surface area (Å²) in [6, 6.07) is 8.10. The van der Waals surface area contributed by atoms with E-state index in [1.54, 1.807) is 11.3 Å². The lowest BCUT2D eigenvalue weighted by molar-refractivity contribution is 1.04. The van der Waals surface area contributed by atoms with Crippen LogP contribution < -0.4 is 5.73 Å². The number of hydrogen-bond acceptors (Lipinski definition) is 3. The molecule has 0 aliphatic rings. The minimum absolute atomic E-state index is 0.510. The standard InChI is InChI=1S/C11H11BrN2S/c1-7-11(14-10(6-13)15-7)8-4-2-3-5-9(8)12/h2-5H,6,13H2,1H3. The molecular formula is C11H11BrN2S. The van der Waals surface area contributed by atoms with E-state index in [1.807, 2.05) is 18.2 Å². The Kier molecular flexibility index (Phi) is 3.19. The van der Waals surface area contributed by atoms with Gasteiger partial charge in [-0.2, -0.15) is 0 Å². The van der Waals surface area contributed by atoms with Crippen molar-refractivity contribution in [3.8, 4) is 11.3 Å². The first-order valence-corrected chi connectivity index (χ1v) is 6.24. The van der Waals surface area contributed by atoms with Crippen LogP contribution in [0.1, 0.15) is 9.88 Å². The van der Waals surface area contributed by atoms with Gasteiger partial charge < -0.3 is 5.73 Å². The summed E-state index contributed by atoms with van der Waals surface area (Å²) in [4.78, 5) is 5.73. The zero-order valence-corrected chi connectivity index (χ0v) is 10.7. The van der Waals surface area contributed by atoms with Crippen LogP contribution in [0.2, 0.25) is 0 Å². The van der Waals surface area contributed by atoms with Gasteiger partial charge in [0.2, 0.25) is 0 Å². The van der Waals surface area contributed by atoms with Crippen molar-refractivity contribution in [2.75, 3.05) is 0 Å². The Morgan fingerprint density at radius 3 is 2.73 bits per heavy atom. The van der Waals surface area contributed by atoms with E-state index < -0.39 is 0 Å². The fraction of sp³-hybridized carbons (Fsp3) is 0.182. The van der Waals surface area contributed by atoms with Crippen LogP contribution in [0.15, 0.2) is 28.7 Å². The molecule has 2 rings (SSSR count). The Morgan fingerprint density at radius 2 is 2.13 bits per heavy atom. The van der Waals surface area contributed by atoms with Crippen LogP contribution in [-0.4, -0.2) is 4.98 Å². The van der Waals surface area contributed by atoms with Crippen molar-refractivity contribution in [1.82, 2.24) is 4.98 Å². The largest absolute Gasteiger partial charge is 0.325 e. The topological polar surface area (TPSA) is 38.9 Å². The van der Waals surface area contributed by atoms with E-state index in [1.165, 1.54) is 4.88 Å². The number of aromatic nitrogens is 1. The lowest BCUT2D eigenvalue weighted by Crippen LogP contribution is -1.94. The van der Waals surface area contributed by atoms with Crippen molar-refractivity contribution in [2.24, 2.45) is 5.73 Å². The molecule has 0 saturated heterocycles. The molecule has 0 atom stereocenters. The molecule has 1 heterocycles. The van der Waals surface area contributed by atoms with Crippen LogP contribution in [0.25, 0.3) is 11.3 Å². The maximum absolute atomic E-state index is 5.58. The molecule has 2 N–H and O–H groups in total. The summed E-state index contributed by atoms with van der Waals surface area (Å²) >= 11 is 5.19. The highest BCUT2D eigenvalue weighted by atomic mass is 79.9. The van der Waals surface area contributed by atoms with Gasteiger partial charge in [-0.05, 0) is 13.0 Å². The summed E-state index contributed by atoms with van der Waals surface area (Å²) in [7, 11) is 0. The van der Waals surface area contributed by atoms with Gasteiger partial charge in [-0.3, -0.25) is 0 Å². The molecule has 0 saturated carbocycles. The molecule has 0 aliphatic heterocycles. The third kappa shape index (κ3) is 2.12. The van der Waals surface area contributed by atoms with Crippen molar-refractivity contribution < 1.29 is 0 Å². The van der Waals surface area contributed by atoms with Crippen LogP contribution >= 0.6 is 27.3 Å². The minimum Gasteiger partial charge on any atom is -0.325 e. The molecule has 4 heteroatoms. The molecule has 0 spiro atoms. The van der Waals surface area contributed by atoms with Crippen molar-refractivity contribution in [1.29, 1.82) is 0 Å². The van der Waals surface area contributed by atoms with Gasteiger partial charge in [-0.25, -0.2) is 4.98 Å². The molecule has 1 aromatic heterocycles.